The number of nitrogens with zero attached hydrogens (tertiary/aromatic N) is 2. The number of Topliss-reactive ketones (excluding diaryl/α,β-unsaturated/α-hetero) is 1. The first-order valence-corrected chi connectivity index (χ1v) is 6.46. The number of hydrogen-bond acceptors (Lipinski definition) is 3. The number of ketones is 1. The first-order valence-electron chi connectivity index (χ1n) is 6.46. The highest BCUT2D eigenvalue weighted by Gasteiger charge is 2.56. The van der Waals surface area contributed by atoms with Crippen molar-refractivity contribution in [1.29, 1.82) is 0 Å². The second kappa shape index (κ2) is 4.98. The molecule has 3 nitrogen and oxygen atoms in total. The smallest absolute Gasteiger partial charge is 0.184 e. The molecule has 4 heteroatoms. The van der Waals surface area contributed by atoms with Crippen molar-refractivity contribution < 1.29 is 4.79 Å². The highest BCUT2D eigenvalue weighted by Crippen LogP contribution is 2.50. The van der Waals surface area contributed by atoms with Crippen molar-refractivity contribution in [1.82, 2.24) is 9.88 Å². The number of hydrogen-bond donors (Lipinski definition) is 0. The van der Waals surface area contributed by atoms with E-state index in [4.69, 9.17) is 0 Å². The average molecular weight is 267 g/mol. The molecule has 0 amide bonds. The molecule has 0 radical (unpaired) electrons. The lowest BCUT2D eigenvalue weighted by molar-refractivity contribution is -0.0508. The minimum atomic E-state index is -0.194. The van der Waals surface area contributed by atoms with Gasteiger partial charge in [-0.2, -0.15) is 0 Å². The summed E-state index contributed by atoms with van der Waals surface area (Å²) in [6.07, 6.45) is 6.78. The standard InChI is InChI=1S/C14H18N2O.ClH/c1-2-16-7-5-11-8-14(16,9-11)13(17)12-4-3-6-15-10-12;/h3-4,6,10-11H,2,5,7-9H2,1H3;1H. The van der Waals surface area contributed by atoms with E-state index in [0.717, 1.165) is 37.4 Å². The molecule has 0 spiro atoms. The molecule has 2 bridgehead atoms. The Bertz CT molecular complexity index is 429. The van der Waals surface area contributed by atoms with Gasteiger partial charge in [0, 0.05) is 18.0 Å². The number of aromatic nitrogens is 1. The fourth-order valence-electron chi connectivity index (χ4n) is 3.47. The molecule has 1 aromatic heterocycles. The summed E-state index contributed by atoms with van der Waals surface area (Å²) in [5.41, 5.74) is 0.576. The van der Waals surface area contributed by atoms with Gasteiger partial charge in [-0.1, -0.05) is 6.92 Å². The first kappa shape index (κ1) is 13.5. The van der Waals surface area contributed by atoms with Gasteiger partial charge in [0.25, 0.3) is 0 Å². The number of halogens is 1. The summed E-state index contributed by atoms with van der Waals surface area (Å²) in [7, 11) is 0. The second-order valence-corrected chi connectivity index (χ2v) is 5.25. The van der Waals surface area contributed by atoms with Crippen LogP contribution in [0, 0.1) is 5.92 Å². The van der Waals surface area contributed by atoms with Gasteiger partial charge in [-0.3, -0.25) is 14.7 Å². The van der Waals surface area contributed by atoms with E-state index in [1.165, 1.54) is 6.42 Å². The largest absolute Gasteiger partial charge is 0.292 e. The molecule has 0 aromatic carbocycles. The van der Waals surface area contributed by atoms with Gasteiger partial charge in [-0.25, -0.2) is 0 Å². The molecule has 3 fully saturated rings. The zero-order valence-corrected chi connectivity index (χ0v) is 11.4. The van der Waals surface area contributed by atoms with Crippen molar-refractivity contribution in [3.8, 4) is 0 Å². The second-order valence-electron chi connectivity index (χ2n) is 5.25. The van der Waals surface area contributed by atoms with Crippen molar-refractivity contribution in [3.63, 3.8) is 0 Å². The number of pyridine rings is 1. The van der Waals surface area contributed by atoms with Crippen LogP contribution in [-0.4, -0.2) is 34.3 Å². The minimum Gasteiger partial charge on any atom is -0.292 e. The number of piperidine rings is 2. The maximum Gasteiger partial charge on any atom is 0.184 e. The highest BCUT2D eigenvalue weighted by molar-refractivity contribution is 6.03. The summed E-state index contributed by atoms with van der Waals surface area (Å²) in [5.74, 6) is 1.06. The van der Waals surface area contributed by atoms with Crippen LogP contribution in [0.1, 0.15) is 36.5 Å². The minimum absolute atomic E-state index is 0. The molecule has 1 saturated carbocycles. The van der Waals surface area contributed by atoms with Crippen LogP contribution in [0.5, 0.6) is 0 Å². The van der Waals surface area contributed by atoms with E-state index in [9.17, 15) is 4.79 Å². The summed E-state index contributed by atoms with van der Waals surface area (Å²) in [6.45, 7) is 4.20. The fourth-order valence-corrected chi connectivity index (χ4v) is 3.47. The number of fused-ring (bicyclic) bond motifs is 2. The first-order chi connectivity index (χ1) is 8.26. The quantitative estimate of drug-likeness (QED) is 0.789. The van der Waals surface area contributed by atoms with Crippen LogP contribution in [0.4, 0.5) is 0 Å². The van der Waals surface area contributed by atoms with E-state index in [1.54, 1.807) is 12.4 Å². The van der Waals surface area contributed by atoms with E-state index in [2.05, 4.69) is 16.8 Å². The normalized spacial score (nSPS) is 30.2. The summed E-state index contributed by atoms with van der Waals surface area (Å²) >= 11 is 0. The molecule has 1 aromatic rings. The van der Waals surface area contributed by atoms with Gasteiger partial charge in [0.05, 0.1) is 5.54 Å². The Morgan fingerprint density at radius 2 is 2.33 bits per heavy atom. The van der Waals surface area contributed by atoms with E-state index < -0.39 is 0 Å². The molecule has 4 rings (SSSR count). The monoisotopic (exact) mass is 266 g/mol. The molecule has 2 aliphatic heterocycles. The van der Waals surface area contributed by atoms with E-state index >= 15 is 0 Å². The molecule has 0 unspecified atom stereocenters. The van der Waals surface area contributed by atoms with Gasteiger partial charge >= 0.3 is 0 Å². The van der Waals surface area contributed by atoms with Gasteiger partial charge in [0.1, 0.15) is 0 Å². The topological polar surface area (TPSA) is 33.2 Å². The lowest BCUT2D eigenvalue weighted by Gasteiger charge is -2.58. The number of carbonyl (C=O) groups excluding carboxylic acids is 1. The fraction of sp³-hybridized carbons (Fsp3) is 0.571. The Morgan fingerprint density at radius 3 is 2.94 bits per heavy atom. The zero-order valence-electron chi connectivity index (χ0n) is 10.6. The van der Waals surface area contributed by atoms with Gasteiger partial charge in [-0.05, 0) is 50.4 Å². The van der Waals surface area contributed by atoms with Gasteiger partial charge in [0.2, 0.25) is 0 Å². The van der Waals surface area contributed by atoms with Crippen LogP contribution in [0.3, 0.4) is 0 Å². The molecule has 18 heavy (non-hydrogen) atoms. The van der Waals surface area contributed by atoms with Crippen LogP contribution in [0.15, 0.2) is 24.5 Å². The van der Waals surface area contributed by atoms with E-state index in [0.29, 0.717) is 0 Å². The Hall–Kier alpha value is -0.930. The lowest BCUT2D eigenvalue weighted by Crippen LogP contribution is -2.66. The van der Waals surface area contributed by atoms with Crippen LogP contribution in [0.2, 0.25) is 0 Å². The Kier molecular flexibility index (Phi) is 3.74. The van der Waals surface area contributed by atoms with Crippen molar-refractivity contribution in [3.05, 3.63) is 30.1 Å². The maximum absolute atomic E-state index is 12.6. The molecular weight excluding hydrogens is 248 g/mol. The highest BCUT2D eigenvalue weighted by atomic mass is 35.5. The maximum atomic E-state index is 12.6. The number of rotatable bonds is 3. The molecule has 0 atom stereocenters. The van der Waals surface area contributed by atoms with Crippen molar-refractivity contribution >= 4 is 18.2 Å². The molecule has 3 aliphatic rings. The van der Waals surface area contributed by atoms with Crippen molar-refractivity contribution in [2.45, 2.75) is 31.7 Å². The van der Waals surface area contributed by atoms with Gasteiger partial charge in [-0.15, -0.1) is 12.4 Å². The molecule has 0 N–H and O–H groups in total. The lowest BCUT2D eigenvalue weighted by atomic mass is 9.60. The molecule has 3 heterocycles. The zero-order chi connectivity index (χ0) is 11.9. The van der Waals surface area contributed by atoms with Gasteiger partial charge in [0.15, 0.2) is 5.78 Å². The Labute approximate surface area is 114 Å². The molecule has 98 valence electrons. The summed E-state index contributed by atoms with van der Waals surface area (Å²) in [6, 6.07) is 3.74. The predicted molar refractivity (Wildman–Crippen MR) is 73.1 cm³/mol. The number of carbonyl (C=O) groups is 1. The summed E-state index contributed by atoms with van der Waals surface area (Å²) in [5, 5.41) is 0. The SMILES string of the molecule is CCN1CCC2CC1(C(=O)c1cccnc1)C2.Cl. The average Bonchev–Trinajstić information content (AvgIpc) is 2.37. The van der Waals surface area contributed by atoms with Crippen molar-refractivity contribution in [2.75, 3.05) is 13.1 Å². The van der Waals surface area contributed by atoms with Gasteiger partial charge < -0.3 is 0 Å². The molecule has 1 aliphatic carbocycles. The third-order valence-electron chi connectivity index (χ3n) is 4.39. The Balaban J connectivity index is 0.00000120. The third-order valence-corrected chi connectivity index (χ3v) is 4.39. The van der Waals surface area contributed by atoms with Crippen LogP contribution >= 0.6 is 12.4 Å². The molecular formula is C14H19ClN2O. The van der Waals surface area contributed by atoms with Crippen molar-refractivity contribution in [2.24, 2.45) is 5.92 Å². The van der Waals surface area contributed by atoms with Crippen LogP contribution < -0.4 is 0 Å². The predicted octanol–water partition coefficient (Wildman–Crippen LogP) is 2.56. The van der Waals surface area contributed by atoms with Crippen LogP contribution in [-0.2, 0) is 0 Å². The molecule has 2 saturated heterocycles. The van der Waals surface area contributed by atoms with Crippen LogP contribution in [0.25, 0.3) is 0 Å². The van der Waals surface area contributed by atoms with E-state index in [1.807, 2.05) is 12.1 Å². The summed E-state index contributed by atoms with van der Waals surface area (Å²) < 4.78 is 0. The number of likely N-dealkylation sites (N-methyl/N-ethyl adjacent to an activating group) is 1. The van der Waals surface area contributed by atoms with E-state index in [-0.39, 0.29) is 23.7 Å². The Morgan fingerprint density at radius 1 is 1.56 bits per heavy atom. The summed E-state index contributed by atoms with van der Waals surface area (Å²) in [4.78, 5) is 19.1. The third kappa shape index (κ3) is 1.86.